The van der Waals surface area contributed by atoms with Crippen LogP contribution in [0.2, 0.25) is 5.02 Å². The van der Waals surface area contributed by atoms with Gasteiger partial charge < -0.3 is 15.0 Å². The summed E-state index contributed by atoms with van der Waals surface area (Å²) in [5.41, 5.74) is 6.32. The van der Waals surface area contributed by atoms with Crippen LogP contribution >= 0.6 is 11.6 Å². The predicted molar refractivity (Wildman–Crippen MR) is 190 cm³/mol. The van der Waals surface area contributed by atoms with E-state index < -0.39 is 0 Å². The van der Waals surface area contributed by atoms with Crippen LogP contribution in [0.1, 0.15) is 11.1 Å². The lowest BCUT2D eigenvalue weighted by Crippen LogP contribution is -2.37. The molecular formula is C37H30ClF2N9O. The summed E-state index contributed by atoms with van der Waals surface area (Å²) in [5.74, 6) is 0.319. The second-order valence-corrected chi connectivity index (χ2v) is 11.8. The fourth-order valence-electron chi connectivity index (χ4n) is 5.67. The first-order chi connectivity index (χ1) is 24.4. The molecule has 13 heteroatoms. The first kappa shape index (κ1) is 32.8. The zero-order chi connectivity index (χ0) is 34.6. The fraction of sp³-hybridized carbons (Fsp3) is 0.162. The van der Waals surface area contributed by atoms with E-state index in [4.69, 9.17) is 16.3 Å². The van der Waals surface area contributed by atoms with Crippen molar-refractivity contribution in [2.24, 2.45) is 0 Å². The van der Waals surface area contributed by atoms with Gasteiger partial charge in [0.05, 0.1) is 57.7 Å². The lowest BCUT2D eigenvalue weighted by atomic mass is 10.0. The van der Waals surface area contributed by atoms with E-state index in [9.17, 15) is 8.78 Å². The molecule has 6 heterocycles. The summed E-state index contributed by atoms with van der Waals surface area (Å²) in [5, 5.41) is 5.42. The minimum absolute atomic E-state index is 0.327. The Hall–Kier alpha value is -5.72. The number of hydrogen-bond acceptors (Lipinski definition) is 10. The molecule has 1 aliphatic heterocycles. The molecule has 0 bridgehead atoms. The van der Waals surface area contributed by atoms with Gasteiger partial charge in [0.15, 0.2) is 0 Å². The van der Waals surface area contributed by atoms with Crippen molar-refractivity contribution >= 4 is 51.0 Å². The van der Waals surface area contributed by atoms with Crippen LogP contribution in [0.3, 0.4) is 0 Å². The Kier molecular flexibility index (Phi) is 9.45. The molecule has 10 nitrogen and oxygen atoms in total. The van der Waals surface area contributed by atoms with Crippen molar-refractivity contribution in [1.82, 2.24) is 34.9 Å². The monoisotopic (exact) mass is 689 g/mol. The summed E-state index contributed by atoms with van der Waals surface area (Å²) in [6.07, 6.45) is 4.89. The van der Waals surface area contributed by atoms with Gasteiger partial charge in [-0.05, 0) is 67.9 Å². The Labute approximate surface area is 291 Å². The highest BCUT2D eigenvalue weighted by molar-refractivity contribution is 6.36. The molecule has 0 spiro atoms. The van der Waals surface area contributed by atoms with Gasteiger partial charge in [0.25, 0.3) is 0 Å². The molecule has 0 unspecified atom stereocenters. The van der Waals surface area contributed by atoms with Crippen LogP contribution in [-0.4, -0.2) is 61.2 Å². The highest BCUT2D eigenvalue weighted by Gasteiger charge is 2.18. The number of hydrogen-bond donors (Lipinski definition) is 1. The summed E-state index contributed by atoms with van der Waals surface area (Å²) in [6, 6.07) is 20.1. The zero-order valence-electron chi connectivity index (χ0n) is 27.1. The lowest BCUT2D eigenvalue weighted by Gasteiger charge is -2.26. The maximum absolute atomic E-state index is 14.0. The molecule has 2 aromatic carbocycles. The van der Waals surface area contributed by atoms with Gasteiger partial charge in [-0.3, -0.25) is 9.97 Å². The second kappa shape index (κ2) is 14.4. The number of fused-ring (bicyclic) bond motifs is 2. The van der Waals surface area contributed by atoms with Gasteiger partial charge in [-0.15, -0.1) is 0 Å². The number of halogens is 3. The van der Waals surface area contributed by atoms with Crippen LogP contribution < -0.4 is 10.2 Å². The molecule has 1 aliphatic rings. The third-order valence-electron chi connectivity index (χ3n) is 8.21. The van der Waals surface area contributed by atoms with Gasteiger partial charge >= 0.3 is 0 Å². The SMILES string of the molecule is Cc1c(-c2ccccn2)nc2cc(F)ccc2c1Cl.Cc1c(-c2ccccn2)nc2cc(F)ccc2c1Nc1ncnc(N2CCOCC2)n1. The van der Waals surface area contributed by atoms with E-state index in [0.717, 1.165) is 46.4 Å². The van der Waals surface area contributed by atoms with E-state index in [1.165, 1.54) is 30.6 Å². The van der Waals surface area contributed by atoms with E-state index in [1.54, 1.807) is 24.5 Å². The molecule has 0 amide bonds. The largest absolute Gasteiger partial charge is 0.378 e. The molecule has 7 aromatic rings. The third kappa shape index (κ3) is 6.89. The number of nitrogens with one attached hydrogen (secondary N) is 1. The van der Waals surface area contributed by atoms with Gasteiger partial charge in [0.2, 0.25) is 11.9 Å². The van der Waals surface area contributed by atoms with Crippen molar-refractivity contribution < 1.29 is 13.5 Å². The second-order valence-electron chi connectivity index (χ2n) is 11.4. The van der Waals surface area contributed by atoms with Crippen LogP contribution in [0.5, 0.6) is 0 Å². The molecule has 1 N–H and O–H groups in total. The molecule has 1 fully saturated rings. The molecule has 1 saturated heterocycles. The average molecular weight is 690 g/mol. The van der Waals surface area contributed by atoms with Crippen LogP contribution in [0.4, 0.5) is 26.4 Å². The Balaban J connectivity index is 0.000000176. The minimum Gasteiger partial charge on any atom is -0.378 e. The van der Waals surface area contributed by atoms with Crippen LogP contribution in [-0.2, 0) is 4.74 Å². The Morgan fingerprint density at radius 2 is 1.30 bits per heavy atom. The predicted octanol–water partition coefficient (Wildman–Crippen LogP) is 7.91. The summed E-state index contributed by atoms with van der Waals surface area (Å²) < 4.78 is 32.7. The number of nitrogens with zero attached hydrogens (tertiary/aromatic N) is 8. The standard InChI is InChI=1S/C22H20FN7O.C15H10ClFN2/c1-14-19(28-21-25-13-26-22(29-21)30-8-10-31-11-9-30)16-6-5-15(23)12-18(16)27-20(14)17-4-2-3-7-24-17;1-9-14(16)11-6-5-10(17)8-13(11)19-15(9)12-4-2-3-7-18-12/h2-7,12-13H,8-11H2,1H3,(H,25,26,27,28,29);2-8H,1H3. The number of anilines is 3. The molecule has 0 aliphatic carbocycles. The van der Waals surface area contributed by atoms with E-state index in [-0.39, 0.29) is 11.6 Å². The Bertz CT molecular complexity index is 2310. The number of morpholine rings is 1. The normalized spacial score (nSPS) is 12.9. The Morgan fingerprint density at radius 3 is 1.92 bits per heavy atom. The lowest BCUT2D eigenvalue weighted by molar-refractivity contribution is 0.122. The molecule has 0 atom stereocenters. The molecule has 250 valence electrons. The average Bonchev–Trinajstić information content (AvgIpc) is 3.15. The maximum Gasteiger partial charge on any atom is 0.232 e. The third-order valence-corrected chi connectivity index (χ3v) is 8.70. The summed E-state index contributed by atoms with van der Waals surface area (Å²) in [4.78, 5) is 33.1. The smallest absolute Gasteiger partial charge is 0.232 e. The van der Waals surface area contributed by atoms with Crippen molar-refractivity contribution in [2.75, 3.05) is 36.5 Å². The first-order valence-electron chi connectivity index (χ1n) is 15.8. The summed E-state index contributed by atoms with van der Waals surface area (Å²) in [6.45, 7) is 6.57. The number of ether oxygens (including phenoxy) is 1. The van der Waals surface area contributed by atoms with Gasteiger partial charge in [-0.1, -0.05) is 23.7 Å². The maximum atomic E-state index is 14.0. The van der Waals surface area contributed by atoms with E-state index in [2.05, 4.69) is 45.1 Å². The van der Waals surface area contributed by atoms with Crippen molar-refractivity contribution in [1.29, 1.82) is 0 Å². The van der Waals surface area contributed by atoms with Crippen LogP contribution in [0.25, 0.3) is 44.6 Å². The van der Waals surface area contributed by atoms with Gasteiger partial charge in [-0.25, -0.2) is 28.7 Å². The van der Waals surface area contributed by atoms with Crippen molar-refractivity contribution in [3.8, 4) is 22.8 Å². The van der Waals surface area contributed by atoms with Crippen molar-refractivity contribution in [3.63, 3.8) is 0 Å². The quantitative estimate of drug-likeness (QED) is 0.191. The number of pyridine rings is 4. The first-order valence-corrected chi connectivity index (χ1v) is 16.2. The van der Waals surface area contributed by atoms with Gasteiger partial charge in [0.1, 0.15) is 18.0 Å². The minimum atomic E-state index is -0.350. The van der Waals surface area contributed by atoms with Gasteiger partial charge in [0, 0.05) is 54.0 Å². The molecule has 50 heavy (non-hydrogen) atoms. The van der Waals surface area contributed by atoms with Crippen molar-refractivity contribution in [3.05, 3.63) is 119 Å². The fourth-order valence-corrected chi connectivity index (χ4v) is 5.92. The molecule has 0 radical (unpaired) electrons. The molecule has 0 saturated carbocycles. The molecule has 8 rings (SSSR count). The Morgan fingerprint density at radius 1 is 0.700 bits per heavy atom. The molecule has 5 aromatic heterocycles. The van der Waals surface area contributed by atoms with E-state index >= 15 is 0 Å². The van der Waals surface area contributed by atoms with Crippen LogP contribution in [0, 0.1) is 25.5 Å². The summed E-state index contributed by atoms with van der Waals surface area (Å²) in [7, 11) is 0. The highest BCUT2D eigenvalue weighted by Crippen LogP contribution is 2.35. The highest BCUT2D eigenvalue weighted by atomic mass is 35.5. The zero-order valence-corrected chi connectivity index (χ0v) is 27.9. The van der Waals surface area contributed by atoms with E-state index in [1.807, 2.05) is 50.2 Å². The number of benzene rings is 2. The number of rotatable bonds is 5. The van der Waals surface area contributed by atoms with Gasteiger partial charge in [-0.2, -0.15) is 4.98 Å². The topological polar surface area (TPSA) is 115 Å². The van der Waals surface area contributed by atoms with Crippen molar-refractivity contribution in [2.45, 2.75) is 13.8 Å². The van der Waals surface area contributed by atoms with Crippen LogP contribution in [0.15, 0.2) is 91.5 Å². The number of aromatic nitrogens is 7. The molecular weight excluding hydrogens is 660 g/mol. The van der Waals surface area contributed by atoms with E-state index in [0.29, 0.717) is 58.2 Å². The summed E-state index contributed by atoms with van der Waals surface area (Å²) >= 11 is 6.34.